The van der Waals surface area contributed by atoms with E-state index >= 15 is 0 Å². The summed E-state index contributed by atoms with van der Waals surface area (Å²) in [6.07, 6.45) is 5.08. The highest BCUT2D eigenvalue weighted by molar-refractivity contribution is 5.78. The number of oxime groups is 1. The minimum absolute atomic E-state index is 0.431. The van der Waals surface area contributed by atoms with E-state index in [4.69, 9.17) is 9.57 Å². The van der Waals surface area contributed by atoms with Gasteiger partial charge in [-0.25, -0.2) is 0 Å². The normalized spacial score (nSPS) is 10.5. The van der Waals surface area contributed by atoms with Gasteiger partial charge in [0, 0.05) is 18.0 Å². The lowest BCUT2D eigenvalue weighted by Gasteiger charge is -2.02. The Morgan fingerprint density at radius 3 is 2.72 bits per heavy atom. The molecule has 0 N–H and O–H groups in total. The second-order valence-electron chi connectivity index (χ2n) is 3.64. The first-order valence-corrected chi connectivity index (χ1v) is 5.57. The van der Waals surface area contributed by atoms with Gasteiger partial charge in [0.2, 0.25) is 0 Å². The van der Waals surface area contributed by atoms with E-state index in [-0.39, 0.29) is 0 Å². The molecule has 0 amide bonds. The third-order valence-electron chi connectivity index (χ3n) is 2.35. The standard InChI is InChI=1S/C14H14N2O2/c1-17-14-6-4-12(5-7-14)11-18-16-10-13-3-2-8-15-9-13/h2-10H,11H2,1H3. The van der Waals surface area contributed by atoms with Crippen LogP contribution in [0.1, 0.15) is 11.1 Å². The number of hydrogen-bond donors (Lipinski definition) is 0. The molecule has 2 aromatic rings. The maximum Gasteiger partial charge on any atom is 0.142 e. The number of methoxy groups -OCH3 is 1. The van der Waals surface area contributed by atoms with Crippen LogP contribution in [0.15, 0.2) is 53.9 Å². The third kappa shape index (κ3) is 3.59. The summed E-state index contributed by atoms with van der Waals surface area (Å²) in [4.78, 5) is 9.18. The van der Waals surface area contributed by atoms with E-state index in [1.807, 2.05) is 36.4 Å². The van der Waals surface area contributed by atoms with Crippen molar-refractivity contribution in [3.63, 3.8) is 0 Å². The van der Waals surface area contributed by atoms with Gasteiger partial charge in [-0.3, -0.25) is 4.98 Å². The minimum Gasteiger partial charge on any atom is -0.497 e. The summed E-state index contributed by atoms with van der Waals surface area (Å²) >= 11 is 0. The molecule has 4 heteroatoms. The van der Waals surface area contributed by atoms with Gasteiger partial charge in [-0.1, -0.05) is 23.4 Å². The van der Waals surface area contributed by atoms with E-state index in [1.54, 1.807) is 25.7 Å². The second kappa shape index (κ2) is 6.39. The molecule has 0 unspecified atom stereocenters. The van der Waals surface area contributed by atoms with Crippen molar-refractivity contribution in [2.45, 2.75) is 6.61 Å². The Morgan fingerprint density at radius 1 is 1.22 bits per heavy atom. The molecule has 0 aliphatic heterocycles. The highest BCUT2D eigenvalue weighted by Gasteiger charge is 1.94. The van der Waals surface area contributed by atoms with Gasteiger partial charge < -0.3 is 9.57 Å². The smallest absolute Gasteiger partial charge is 0.142 e. The molecule has 0 aliphatic rings. The molecule has 0 aliphatic carbocycles. The molecule has 0 fully saturated rings. The predicted molar refractivity (Wildman–Crippen MR) is 69.6 cm³/mol. The summed E-state index contributed by atoms with van der Waals surface area (Å²) in [6, 6.07) is 11.4. The summed E-state index contributed by atoms with van der Waals surface area (Å²) in [5.41, 5.74) is 1.95. The van der Waals surface area contributed by atoms with E-state index < -0.39 is 0 Å². The molecule has 92 valence electrons. The summed E-state index contributed by atoms with van der Waals surface area (Å²) in [5, 5.41) is 3.88. The van der Waals surface area contributed by atoms with Gasteiger partial charge in [-0.2, -0.15) is 0 Å². The fourth-order valence-corrected chi connectivity index (χ4v) is 1.38. The summed E-state index contributed by atoms with van der Waals surface area (Å²) in [7, 11) is 1.64. The van der Waals surface area contributed by atoms with Gasteiger partial charge in [0.15, 0.2) is 0 Å². The third-order valence-corrected chi connectivity index (χ3v) is 2.35. The van der Waals surface area contributed by atoms with Crippen LogP contribution in [-0.2, 0) is 11.4 Å². The van der Waals surface area contributed by atoms with Gasteiger partial charge in [-0.05, 0) is 23.8 Å². The van der Waals surface area contributed by atoms with Crippen LogP contribution >= 0.6 is 0 Å². The number of nitrogens with zero attached hydrogens (tertiary/aromatic N) is 2. The molecule has 18 heavy (non-hydrogen) atoms. The van der Waals surface area contributed by atoms with Gasteiger partial charge in [0.25, 0.3) is 0 Å². The average molecular weight is 242 g/mol. The number of aromatic nitrogens is 1. The zero-order valence-corrected chi connectivity index (χ0v) is 10.1. The first kappa shape index (κ1) is 12.1. The Bertz CT molecular complexity index is 495. The molecule has 1 heterocycles. The van der Waals surface area contributed by atoms with Crippen LogP contribution in [0.4, 0.5) is 0 Å². The molecule has 1 aromatic heterocycles. The maximum absolute atomic E-state index is 5.20. The largest absolute Gasteiger partial charge is 0.497 e. The topological polar surface area (TPSA) is 43.7 Å². The van der Waals surface area contributed by atoms with Crippen molar-refractivity contribution < 1.29 is 9.57 Å². The summed E-state index contributed by atoms with van der Waals surface area (Å²) in [5.74, 6) is 0.831. The lowest BCUT2D eigenvalue weighted by molar-refractivity contribution is 0.132. The van der Waals surface area contributed by atoms with Crippen molar-refractivity contribution in [2.24, 2.45) is 5.16 Å². The van der Waals surface area contributed by atoms with E-state index in [9.17, 15) is 0 Å². The molecular weight excluding hydrogens is 228 g/mol. The SMILES string of the molecule is COc1ccc(CON=Cc2cccnc2)cc1. The lowest BCUT2D eigenvalue weighted by atomic mass is 10.2. The van der Waals surface area contributed by atoms with Crippen molar-refractivity contribution in [1.82, 2.24) is 4.98 Å². The lowest BCUT2D eigenvalue weighted by Crippen LogP contribution is -1.89. The number of rotatable bonds is 5. The van der Waals surface area contributed by atoms with Crippen LogP contribution in [-0.4, -0.2) is 18.3 Å². The number of hydrogen-bond acceptors (Lipinski definition) is 4. The monoisotopic (exact) mass is 242 g/mol. The fraction of sp³-hybridized carbons (Fsp3) is 0.143. The van der Waals surface area contributed by atoms with Gasteiger partial charge in [0.05, 0.1) is 13.3 Å². The number of pyridine rings is 1. The molecule has 0 radical (unpaired) electrons. The Balaban J connectivity index is 1.83. The second-order valence-corrected chi connectivity index (χ2v) is 3.64. The Morgan fingerprint density at radius 2 is 2.06 bits per heavy atom. The van der Waals surface area contributed by atoms with E-state index in [0.717, 1.165) is 16.9 Å². The zero-order valence-electron chi connectivity index (χ0n) is 10.1. The van der Waals surface area contributed by atoms with Crippen LogP contribution in [0.5, 0.6) is 5.75 Å². The van der Waals surface area contributed by atoms with Crippen molar-refractivity contribution >= 4 is 6.21 Å². The van der Waals surface area contributed by atoms with Gasteiger partial charge in [0.1, 0.15) is 12.4 Å². The van der Waals surface area contributed by atoms with Gasteiger partial charge >= 0.3 is 0 Å². The molecule has 0 saturated heterocycles. The van der Waals surface area contributed by atoms with Gasteiger partial charge in [-0.15, -0.1) is 0 Å². The Labute approximate surface area is 106 Å². The molecule has 0 atom stereocenters. The van der Waals surface area contributed by atoms with Crippen molar-refractivity contribution in [3.05, 3.63) is 59.9 Å². The summed E-state index contributed by atoms with van der Waals surface area (Å²) in [6.45, 7) is 0.431. The average Bonchev–Trinajstić information content (AvgIpc) is 2.45. The van der Waals surface area contributed by atoms with Crippen LogP contribution in [0.3, 0.4) is 0 Å². The van der Waals surface area contributed by atoms with Crippen LogP contribution in [0.2, 0.25) is 0 Å². The van der Waals surface area contributed by atoms with Crippen LogP contribution < -0.4 is 4.74 Å². The van der Waals surface area contributed by atoms with E-state index in [2.05, 4.69) is 10.1 Å². The van der Waals surface area contributed by atoms with Crippen LogP contribution in [0.25, 0.3) is 0 Å². The van der Waals surface area contributed by atoms with E-state index in [1.165, 1.54) is 0 Å². The van der Waals surface area contributed by atoms with Crippen molar-refractivity contribution in [3.8, 4) is 5.75 Å². The molecule has 1 aromatic carbocycles. The molecule has 0 bridgehead atoms. The quantitative estimate of drug-likeness (QED) is 0.598. The molecule has 0 spiro atoms. The number of ether oxygens (including phenoxy) is 1. The highest BCUT2D eigenvalue weighted by Crippen LogP contribution is 2.11. The highest BCUT2D eigenvalue weighted by atomic mass is 16.6. The number of benzene rings is 1. The molecule has 2 rings (SSSR count). The van der Waals surface area contributed by atoms with E-state index in [0.29, 0.717) is 6.61 Å². The first-order valence-electron chi connectivity index (χ1n) is 5.57. The molecular formula is C14H14N2O2. The van der Waals surface area contributed by atoms with Crippen LogP contribution in [0, 0.1) is 0 Å². The van der Waals surface area contributed by atoms with Crippen molar-refractivity contribution in [1.29, 1.82) is 0 Å². The minimum atomic E-state index is 0.431. The summed E-state index contributed by atoms with van der Waals surface area (Å²) < 4.78 is 5.08. The zero-order chi connectivity index (χ0) is 12.6. The Hall–Kier alpha value is -2.36. The Kier molecular flexibility index (Phi) is 4.30. The molecule has 0 saturated carbocycles. The first-order chi connectivity index (χ1) is 8.88. The molecule has 4 nitrogen and oxygen atoms in total. The van der Waals surface area contributed by atoms with Crippen molar-refractivity contribution in [2.75, 3.05) is 7.11 Å². The fourth-order valence-electron chi connectivity index (χ4n) is 1.38. The maximum atomic E-state index is 5.20. The predicted octanol–water partition coefficient (Wildman–Crippen LogP) is 2.64.